The SMILES string of the molecule is Cc1ccc(C(C(N)=O)c2ccc(CN(Cc3ccc(F)cc3)S(=O)(=O)c3ccccc3)cc2)cc1. The monoisotopic (exact) mass is 502 g/mol. The molecule has 1 atom stereocenters. The highest BCUT2D eigenvalue weighted by atomic mass is 32.2. The smallest absolute Gasteiger partial charge is 0.243 e. The summed E-state index contributed by atoms with van der Waals surface area (Å²) in [4.78, 5) is 12.4. The average molecular weight is 503 g/mol. The molecule has 5 nitrogen and oxygen atoms in total. The van der Waals surface area contributed by atoms with E-state index in [0.29, 0.717) is 5.56 Å². The van der Waals surface area contributed by atoms with Gasteiger partial charge in [0, 0.05) is 13.1 Å². The van der Waals surface area contributed by atoms with Crippen molar-refractivity contribution in [3.63, 3.8) is 0 Å². The van der Waals surface area contributed by atoms with Gasteiger partial charge in [0.05, 0.1) is 10.8 Å². The maximum absolute atomic E-state index is 13.5. The second kappa shape index (κ2) is 10.8. The number of primary amides is 1. The fourth-order valence-electron chi connectivity index (χ4n) is 4.06. The minimum atomic E-state index is -3.83. The van der Waals surface area contributed by atoms with E-state index in [1.807, 2.05) is 31.2 Å². The van der Waals surface area contributed by atoms with E-state index in [4.69, 9.17) is 5.73 Å². The van der Waals surface area contributed by atoms with E-state index in [-0.39, 0.29) is 23.8 Å². The van der Waals surface area contributed by atoms with Crippen LogP contribution in [0, 0.1) is 12.7 Å². The Morgan fingerprint density at radius 2 is 1.25 bits per heavy atom. The number of hydrogen-bond donors (Lipinski definition) is 1. The Morgan fingerprint density at radius 1 is 0.778 bits per heavy atom. The standard InChI is InChI=1S/C29H27FN2O3S/c1-21-7-13-24(14-8-21)28(29(31)33)25-15-9-22(10-16-25)19-32(20-23-11-17-26(30)18-12-23)36(34,35)27-5-3-2-4-6-27/h2-18,28H,19-20H2,1H3,(H2,31,33). The molecule has 0 fully saturated rings. The van der Waals surface area contributed by atoms with Gasteiger partial charge in [0.15, 0.2) is 0 Å². The zero-order valence-corrected chi connectivity index (χ0v) is 20.7. The van der Waals surface area contributed by atoms with E-state index < -0.39 is 21.8 Å². The van der Waals surface area contributed by atoms with Crippen LogP contribution in [0.25, 0.3) is 0 Å². The predicted octanol–water partition coefficient (Wildman–Crippen LogP) is 5.14. The van der Waals surface area contributed by atoms with Crippen molar-refractivity contribution in [3.8, 4) is 0 Å². The third-order valence-corrected chi connectivity index (χ3v) is 7.83. The Hall–Kier alpha value is -3.81. The quantitative estimate of drug-likeness (QED) is 0.344. The van der Waals surface area contributed by atoms with Crippen LogP contribution in [-0.4, -0.2) is 18.6 Å². The van der Waals surface area contributed by atoms with E-state index in [2.05, 4.69) is 0 Å². The number of aryl methyl sites for hydroxylation is 1. The summed E-state index contributed by atoms with van der Waals surface area (Å²) in [6.07, 6.45) is 0. The number of halogens is 1. The van der Waals surface area contributed by atoms with E-state index in [9.17, 15) is 17.6 Å². The zero-order chi connectivity index (χ0) is 25.7. The van der Waals surface area contributed by atoms with E-state index in [0.717, 1.165) is 22.3 Å². The molecule has 0 aromatic heterocycles. The Labute approximate surface area is 211 Å². The average Bonchev–Trinajstić information content (AvgIpc) is 2.87. The first-order valence-corrected chi connectivity index (χ1v) is 12.9. The van der Waals surface area contributed by atoms with Crippen molar-refractivity contribution in [3.05, 3.63) is 137 Å². The van der Waals surface area contributed by atoms with Gasteiger partial charge in [-0.05, 0) is 53.4 Å². The molecule has 1 unspecified atom stereocenters. The second-order valence-corrected chi connectivity index (χ2v) is 10.6. The molecule has 0 spiro atoms. The molecule has 7 heteroatoms. The van der Waals surface area contributed by atoms with Crippen molar-refractivity contribution in [2.75, 3.05) is 0 Å². The molecule has 0 saturated carbocycles. The Bertz CT molecular complexity index is 1420. The van der Waals surface area contributed by atoms with Gasteiger partial charge in [0.1, 0.15) is 5.82 Å². The first kappa shape index (κ1) is 25.3. The van der Waals surface area contributed by atoms with Crippen LogP contribution in [0.2, 0.25) is 0 Å². The first-order chi connectivity index (χ1) is 17.2. The number of rotatable bonds is 9. The lowest BCUT2D eigenvalue weighted by Crippen LogP contribution is -2.30. The fourth-order valence-corrected chi connectivity index (χ4v) is 5.50. The van der Waals surface area contributed by atoms with Crippen LogP contribution < -0.4 is 5.73 Å². The Morgan fingerprint density at radius 3 is 1.75 bits per heavy atom. The van der Waals surface area contributed by atoms with Gasteiger partial charge in [0.25, 0.3) is 0 Å². The van der Waals surface area contributed by atoms with Gasteiger partial charge in [-0.2, -0.15) is 4.31 Å². The van der Waals surface area contributed by atoms with E-state index in [1.54, 1.807) is 66.7 Å². The molecule has 4 rings (SSSR count). The van der Waals surface area contributed by atoms with Crippen LogP contribution in [0.5, 0.6) is 0 Å². The van der Waals surface area contributed by atoms with Gasteiger partial charge < -0.3 is 5.73 Å². The van der Waals surface area contributed by atoms with Crippen LogP contribution in [0.4, 0.5) is 4.39 Å². The predicted molar refractivity (Wildman–Crippen MR) is 138 cm³/mol. The summed E-state index contributed by atoms with van der Waals surface area (Å²) in [5.41, 5.74) is 9.74. The van der Waals surface area contributed by atoms with Crippen LogP contribution in [0.1, 0.15) is 33.7 Å². The summed E-state index contributed by atoms with van der Waals surface area (Å²) >= 11 is 0. The summed E-state index contributed by atoms with van der Waals surface area (Å²) in [6, 6.07) is 28.8. The molecule has 0 saturated heterocycles. The molecule has 1 amide bonds. The minimum absolute atomic E-state index is 0.0759. The molecule has 0 aliphatic heterocycles. The lowest BCUT2D eigenvalue weighted by Gasteiger charge is -2.23. The zero-order valence-electron chi connectivity index (χ0n) is 19.8. The van der Waals surface area contributed by atoms with Gasteiger partial charge in [-0.25, -0.2) is 12.8 Å². The second-order valence-electron chi connectivity index (χ2n) is 8.70. The van der Waals surface area contributed by atoms with Crippen molar-refractivity contribution >= 4 is 15.9 Å². The number of nitrogens with two attached hydrogens (primary N) is 1. The molecule has 184 valence electrons. The number of hydrogen-bond acceptors (Lipinski definition) is 3. The number of sulfonamides is 1. The summed E-state index contributed by atoms with van der Waals surface area (Å²) in [7, 11) is -3.83. The van der Waals surface area contributed by atoms with Crippen LogP contribution in [0.3, 0.4) is 0 Å². The van der Waals surface area contributed by atoms with Gasteiger partial charge in [-0.3, -0.25) is 4.79 Å². The van der Waals surface area contributed by atoms with Gasteiger partial charge in [0.2, 0.25) is 15.9 Å². The lowest BCUT2D eigenvalue weighted by atomic mass is 9.90. The van der Waals surface area contributed by atoms with Crippen molar-refractivity contribution in [1.82, 2.24) is 4.31 Å². The van der Waals surface area contributed by atoms with Gasteiger partial charge in [-0.1, -0.05) is 84.4 Å². The number of nitrogens with zero attached hydrogens (tertiary/aromatic N) is 1. The molecule has 0 aliphatic carbocycles. The Balaban J connectivity index is 1.63. The molecule has 2 N–H and O–H groups in total. The third kappa shape index (κ3) is 5.87. The molecule has 0 radical (unpaired) electrons. The van der Waals surface area contributed by atoms with Crippen molar-refractivity contribution in [2.24, 2.45) is 5.73 Å². The number of amides is 1. The third-order valence-electron chi connectivity index (χ3n) is 6.02. The summed E-state index contributed by atoms with van der Waals surface area (Å²) in [6.45, 7) is 2.15. The molecule has 4 aromatic rings. The fraction of sp³-hybridized carbons (Fsp3) is 0.138. The topological polar surface area (TPSA) is 80.5 Å². The Kier molecular flexibility index (Phi) is 7.62. The highest BCUT2D eigenvalue weighted by molar-refractivity contribution is 7.89. The van der Waals surface area contributed by atoms with Crippen molar-refractivity contribution in [1.29, 1.82) is 0 Å². The maximum atomic E-state index is 13.5. The molecule has 4 aromatic carbocycles. The van der Waals surface area contributed by atoms with E-state index in [1.165, 1.54) is 16.4 Å². The van der Waals surface area contributed by atoms with Crippen molar-refractivity contribution in [2.45, 2.75) is 30.8 Å². The summed E-state index contributed by atoms with van der Waals surface area (Å²) < 4.78 is 41.7. The van der Waals surface area contributed by atoms with Crippen LogP contribution in [-0.2, 0) is 27.9 Å². The number of carbonyl (C=O) groups excluding carboxylic acids is 1. The van der Waals surface area contributed by atoms with Crippen LogP contribution in [0.15, 0.2) is 108 Å². The number of carbonyl (C=O) groups is 1. The van der Waals surface area contributed by atoms with E-state index >= 15 is 0 Å². The largest absolute Gasteiger partial charge is 0.369 e. The first-order valence-electron chi connectivity index (χ1n) is 11.5. The van der Waals surface area contributed by atoms with Crippen LogP contribution >= 0.6 is 0 Å². The normalized spacial score (nSPS) is 12.4. The molecule has 0 aliphatic rings. The molecular formula is C29H27FN2O3S. The highest BCUT2D eigenvalue weighted by Crippen LogP contribution is 2.27. The number of benzene rings is 4. The molecular weight excluding hydrogens is 475 g/mol. The minimum Gasteiger partial charge on any atom is -0.369 e. The molecule has 36 heavy (non-hydrogen) atoms. The summed E-state index contributed by atoms with van der Waals surface area (Å²) in [5.74, 6) is -1.45. The lowest BCUT2D eigenvalue weighted by molar-refractivity contribution is -0.118. The summed E-state index contributed by atoms with van der Waals surface area (Å²) in [5, 5.41) is 0. The maximum Gasteiger partial charge on any atom is 0.243 e. The van der Waals surface area contributed by atoms with Gasteiger partial charge in [-0.15, -0.1) is 0 Å². The van der Waals surface area contributed by atoms with Gasteiger partial charge >= 0.3 is 0 Å². The highest BCUT2D eigenvalue weighted by Gasteiger charge is 2.25. The molecule has 0 bridgehead atoms. The van der Waals surface area contributed by atoms with Crippen molar-refractivity contribution < 1.29 is 17.6 Å². The molecule has 0 heterocycles.